The number of H-pyrrole nitrogens is 1. The minimum absolute atomic E-state index is 0.520. The summed E-state index contributed by atoms with van der Waals surface area (Å²) in [4.78, 5) is 0. The lowest BCUT2D eigenvalue weighted by Crippen LogP contribution is -2.00. The highest BCUT2D eigenvalue weighted by atomic mass is 15.1. The molecule has 1 heterocycles. The van der Waals surface area contributed by atoms with Gasteiger partial charge in [0.25, 0.3) is 0 Å². The molecule has 1 N–H and O–H groups in total. The predicted octanol–water partition coefficient (Wildman–Crippen LogP) is 5.31. The van der Waals surface area contributed by atoms with E-state index in [1.165, 1.54) is 64.2 Å². The third-order valence-corrected chi connectivity index (χ3v) is 3.96. The zero-order chi connectivity index (χ0) is 14.6. The van der Waals surface area contributed by atoms with E-state index < -0.39 is 0 Å². The average molecular weight is 275 g/mol. The monoisotopic (exact) mass is 275 g/mol. The second-order valence-corrected chi connectivity index (χ2v) is 5.72. The fourth-order valence-corrected chi connectivity index (χ4v) is 2.69. The molecule has 0 fully saturated rings. The van der Waals surface area contributed by atoms with E-state index in [2.05, 4.69) is 30.1 Å². The number of hydrogen-bond acceptors (Lipinski definition) is 2. The molecule has 0 saturated heterocycles. The highest BCUT2D eigenvalue weighted by molar-refractivity contribution is 5.23. The number of aromatic amines is 1. The normalized spacial score (nSPS) is 10.9. The van der Waals surface area contributed by atoms with E-state index in [0.717, 1.165) is 5.69 Å². The zero-order valence-corrected chi connectivity index (χ0v) is 13.1. The Morgan fingerprint density at radius 3 is 2.10 bits per heavy atom. The molecule has 0 aromatic carbocycles. The van der Waals surface area contributed by atoms with Gasteiger partial charge >= 0.3 is 0 Å². The van der Waals surface area contributed by atoms with Crippen LogP contribution >= 0.6 is 0 Å². The molecule has 0 saturated carbocycles. The number of hydrogen-bond donors (Lipinski definition) is 1. The molecular weight excluding hydrogens is 246 g/mol. The molecule has 1 aromatic heterocycles. The second kappa shape index (κ2) is 10.5. The van der Waals surface area contributed by atoms with Crippen molar-refractivity contribution in [3.05, 3.63) is 17.5 Å². The topological polar surface area (TPSA) is 52.5 Å². The molecule has 20 heavy (non-hydrogen) atoms. The zero-order valence-electron chi connectivity index (χ0n) is 13.1. The third-order valence-electron chi connectivity index (χ3n) is 3.96. The van der Waals surface area contributed by atoms with Gasteiger partial charge in [-0.05, 0) is 18.9 Å². The van der Waals surface area contributed by atoms with E-state index in [1.807, 2.05) is 6.07 Å². The van der Waals surface area contributed by atoms with E-state index in [9.17, 15) is 0 Å². The van der Waals surface area contributed by atoms with Crippen LogP contribution in [0.2, 0.25) is 0 Å². The predicted molar refractivity (Wildman–Crippen MR) is 83.6 cm³/mol. The Hall–Kier alpha value is -1.30. The van der Waals surface area contributed by atoms with Gasteiger partial charge in [-0.1, -0.05) is 65.2 Å². The Kier molecular flexibility index (Phi) is 8.78. The van der Waals surface area contributed by atoms with Crippen molar-refractivity contribution in [2.45, 2.75) is 84.0 Å². The summed E-state index contributed by atoms with van der Waals surface area (Å²) in [6.45, 7) is 4.49. The molecule has 1 rings (SSSR count). The maximum atomic E-state index is 8.89. The molecule has 0 bridgehead atoms. The maximum Gasteiger partial charge on any atom is 0.162 e. The first-order chi connectivity index (χ1) is 9.81. The highest BCUT2D eigenvalue weighted by Crippen LogP contribution is 2.27. The van der Waals surface area contributed by atoms with Gasteiger partial charge in [0.05, 0.1) is 0 Å². The van der Waals surface area contributed by atoms with E-state index >= 15 is 0 Å². The van der Waals surface area contributed by atoms with Crippen LogP contribution in [0.25, 0.3) is 0 Å². The molecule has 112 valence electrons. The summed E-state index contributed by atoms with van der Waals surface area (Å²) in [6.07, 6.45) is 12.9. The van der Waals surface area contributed by atoms with Gasteiger partial charge in [0, 0.05) is 11.6 Å². The largest absolute Gasteiger partial charge is 0.281 e. The van der Waals surface area contributed by atoms with Gasteiger partial charge in [-0.25, -0.2) is 0 Å². The molecular formula is C17H29N3. The Bertz CT molecular complexity index is 377. The van der Waals surface area contributed by atoms with Crippen molar-refractivity contribution in [2.75, 3.05) is 0 Å². The van der Waals surface area contributed by atoms with Crippen molar-refractivity contribution in [1.82, 2.24) is 10.2 Å². The molecule has 0 aliphatic carbocycles. The Labute approximate surface area is 123 Å². The number of nitrogens with zero attached hydrogens (tertiary/aromatic N) is 2. The van der Waals surface area contributed by atoms with Crippen molar-refractivity contribution in [3.8, 4) is 6.07 Å². The number of rotatable bonds is 11. The van der Waals surface area contributed by atoms with Crippen LogP contribution in [0.1, 0.15) is 95.4 Å². The van der Waals surface area contributed by atoms with Crippen LogP contribution in [0.15, 0.2) is 6.07 Å². The fourth-order valence-electron chi connectivity index (χ4n) is 2.69. The summed E-state index contributed by atoms with van der Waals surface area (Å²) < 4.78 is 0. The van der Waals surface area contributed by atoms with Gasteiger partial charge in [-0.15, -0.1) is 0 Å². The lowest BCUT2D eigenvalue weighted by atomic mass is 9.91. The van der Waals surface area contributed by atoms with Crippen molar-refractivity contribution < 1.29 is 0 Å². The second-order valence-electron chi connectivity index (χ2n) is 5.72. The van der Waals surface area contributed by atoms with Gasteiger partial charge in [0.1, 0.15) is 6.07 Å². The summed E-state index contributed by atoms with van der Waals surface area (Å²) in [5.41, 5.74) is 1.68. The number of nitrogens with one attached hydrogen (secondary N) is 1. The molecule has 0 unspecified atom stereocenters. The number of aromatic nitrogens is 2. The van der Waals surface area contributed by atoms with Crippen LogP contribution in [-0.4, -0.2) is 10.2 Å². The Morgan fingerprint density at radius 2 is 1.65 bits per heavy atom. The van der Waals surface area contributed by atoms with Crippen molar-refractivity contribution in [3.63, 3.8) is 0 Å². The van der Waals surface area contributed by atoms with Crippen molar-refractivity contribution in [1.29, 1.82) is 5.26 Å². The molecule has 0 aliphatic rings. The van der Waals surface area contributed by atoms with Gasteiger partial charge in [0.2, 0.25) is 0 Å². The minimum Gasteiger partial charge on any atom is -0.281 e. The molecule has 0 spiro atoms. The Morgan fingerprint density at radius 1 is 1.05 bits per heavy atom. The average Bonchev–Trinajstić information content (AvgIpc) is 2.94. The molecule has 0 radical (unpaired) electrons. The smallest absolute Gasteiger partial charge is 0.162 e. The highest BCUT2D eigenvalue weighted by Gasteiger charge is 2.14. The summed E-state index contributed by atoms with van der Waals surface area (Å²) in [6, 6.07) is 4.05. The number of nitriles is 1. The third kappa shape index (κ3) is 6.23. The first-order valence-electron chi connectivity index (χ1n) is 8.27. The van der Waals surface area contributed by atoms with Crippen LogP contribution in [0.3, 0.4) is 0 Å². The lowest BCUT2D eigenvalue weighted by molar-refractivity contribution is 0.488. The summed E-state index contributed by atoms with van der Waals surface area (Å²) in [5.74, 6) is 0.554. The molecule has 0 atom stereocenters. The van der Waals surface area contributed by atoms with Crippen molar-refractivity contribution in [2.24, 2.45) is 0 Å². The van der Waals surface area contributed by atoms with E-state index in [-0.39, 0.29) is 0 Å². The maximum absolute atomic E-state index is 8.89. The van der Waals surface area contributed by atoms with Crippen LogP contribution in [0.5, 0.6) is 0 Å². The molecule has 1 aromatic rings. The van der Waals surface area contributed by atoms with E-state index in [1.54, 1.807) is 0 Å². The minimum atomic E-state index is 0.520. The first kappa shape index (κ1) is 16.8. The summed E-state index contributed by atoms with van der Waals surface area (Å²) in [7, 11) is 0. The van der Waals surface area contributed by atoms with Crippen molar-refractivity contribution >= 4 is 0 Å². The first-order valence-corrected chi connectivity index (χ1v) is 8.27. The van der Waals surface area contributed by atoms with E-state index in [0.29, 0.717) is 11.6 Å². The fraction of sp³-hybridized carbons (Fsp3) is 0.765. The standard InChI is InChI=1S/C17H29N3/c1-3-5-7-9-11-15(12-10-8-6-4-2)17-13-16(14-18)19-20-17/h13,15H,3-12H2,1-2H3,(H,19,20). The summed E-state index contributed by atoms with van der Waals surface area (Å²) in [5, 5.41) is 16.0. The lowest BCUT2D eigenvalue weighted by Gasteiger charge is -2.15. The quantitative estimate of drug-likeness (QED) is 0.557. The SMILES string of the molecule is CCCCCCC(CCCCCC)c1cc(C#N)n[nH]1. The van der Waals surface area contributed by atoms with Gasteiger partial charge in [-0.2, -0.15) is 10.4 Å². The summed E-state index contributed by atoms with van der Waals surface area (Å²) >= 11 is 0. The van der Waals surface area contributed by atoms with Crippen LogP contribution in [0, 0.1) is 11.3 Å². The van der Waals surface area contributed by atoms with E-state index in [4.69, 9.17) is 5.26 Å². The molecule has 3 nitrogen and oxygen atoms in total. The van der Waals surface area contributed by atoms with Gasteiger partial charge in [0.15, 0.2) is 5.69 Å². The van der Waals surface area contributed by atoms with Gasteiger partial charge < -0.3 is 0 Å². The van der Waals surface area contributed by atoms with Crippen LogP contribution in [-0.2, 0) is 0 Å². The molecule has 0 amide bonds. The van der Waals surface area contributed by atoms with Crippen LogP contribution < -0.4 is 0 Å². The molecule has 3 heteroatoms. The number of unbranched alkanes of at least 4 members (excludes halogenated alkanes) is 6. The van der Waals surface area contributed by atoms with Crippen LogP contribution in [0.4, 0.5) is 0 Å². The Balaban J connectivity index is 2.47. The van der Waals surface area contributed by atoms with Gasteiger partial charge in [-0.3, -0.25) is 5.10 Å². The molecule has 0 aliphatic heterocycles.